The molecule has 0 aliphatic rings. The maximum Gasteiger partial charge on any atom is 0.231 e. The van der Waals surface area contributed by atoms with Gasteiger partial charge in [-0.2, -0.15) is 0 Å². The van der Waals surface area contributed by atoms with E-state index in [9.17, 15) is 8.78 Å². The van der Waals surface area contributed by atoms with Crippen LogP contribution in [0.1, 0.15) is 0 Å². The molecule has 1 heterocycles. The van der Waals surface area contributed by atoms with Crippen molar-refractivity contribution >= 4 is 11.6 Å². The molecule has 0 aliphatic carbocycles. The second-order valence-corrected chi connectivity index (χ2v) is 4.92. The summed E-state index contributed by atoms with van der Waals surface area (Å²) in [4.78, 5) is 1.81. The molecule has 112 valence electrons. The van der Waals surface area contributed by atoms with E-state index in [1.807, 2.05) is 14.1 Å². The van der Waals surface area contributed by atoms with Crippen LogP contribution in [0, 0.1) is 11.6 Å². The number of rotatable bonds is 3. The highest BCUT2D eigenvalue weighted by atomic mass is 19.1. The first kappa shape index (κ1) is 14.2. The van der Waals surface area contributed by atoms with E-state index in [-0.39, 0.29) is 11.6 Å². The number of nitrogens with zero attached hydrogens (tertiary/aromatic N) is 4. The predicted octanol–water partition coefficient (Wildman–Crippen LogP) is 3.53. The number of aromatic nitrogens is 3. The van der Waals surface area contributed by atoms with Crippen LogP contribution in [0.3, 0.4) is 0 Å². The van der Waals surface area contributed by atoms with E-state index >= 15 is 0 Å². The maximum atomic E-state index is 13.0. The third kappa shape index (κ3) is 2.55. The molecule has 0 atom stereocenters. The highest BCUT2D eigenvalue weighted by molar-refractivity contribution is 5.61. The first-order valence-corrected chi connectivity index (χ1v) is 6.71. The molecule has 3 aromatic rings. The van der Waals surface area contributed by atoms with Gasteiger partial charge in [0.1, 0.15) is 11.6 Å². The molecule has 0 saturated heterocycles. The van der Waals surface area contributed by atoms with Crippen LogP contribution in [0.5, 0.6) is 0 Å². The Kier molecular flexibility index (Phi) is 3.58. The molecule has 0 fully saturated rings. The molecule has 4 nitrogen and oxygen atoms in total. The molecule has 0 aliphatic heterocycles. The molecule has 3 rings (SSSR count). The standard InChI is InChI=1S/C16H14F2N4/c1-21(14-9-7-13(18)8-10-14)16-20-19-15(22(16)2)11-3-5-12(17)6-4-11/h3-10H,1-2H3. The Labute approximate surface area is 126 Å². The molecule has 0 saturated carbocycles. The van der Waals surface area contributed by atoms with Gasteiger partial charge in [0.05, 0.1) is 0 Å². The topological polar surface area (TPSA) is 34.0 Å². The van der Waals surface area contributed by atoms with Crippen molar-refractivity contribution in [3.05, 3.63) is 60.2 Å². The van der Waals surface area contributed by atoms with Gasteiger partial charge >= 0.3 is 0 Å². The highest BCUT2D eigenvalue weighted by Crippen LogP contribution is 2.25. The number of anilines is 2. The normalized spacial score (nSPS) is 10.7. The number of benzene rings is 2. The van der Waals surface area contributed by atoms with Gasteiger partial charge < -0.3 is 4.90 Å². The average molecular weight is 300 g/mol. The lowest BCUT2D eigenvalue weighted by Gasteiger charge is -2.17. The molecule has 0 amide bonds. The van der Waals surface area contributed by atoms with Crippen molar-refractivity contribution in [1.82, 2.24) is 14.8 Å². The lowest BCUT2D eigenvalue weighted by Crippen LogP contribution is -2.14. The van der Waals surface area contributed by atoms with Crippen molar-refractivity contribution in [2.45, 2.75) is 0 Å². The van der Waals surface area contributed by atoms with Gasteiger partial charge in [0.15, 0.2) is 5.82 Å². The van der Waals surface area contributed by atoms with Crippen molar-refractivity contribution in [1.29, 1.82) is 0 Å². The summed E-state index contributed by atoms with van der Waals surface area (Å²) in [5, 5.41) is 8.32. The third-order valence-corrected chi connectivity index (χ3v) is 3.47. The molecule has 2 aromatic carbocycles. The zero-order valence-corrected chi connectivity index (χ0v) is 12.2. The Hall–Kier alpha value is -2.76. The summed E-state index contributed by atoms with van der Waals surface area (Å²) in [6.45, 7) is 0. The quantitative estimate of drug-likeness (QED) is 0.742. The van der Waals surface area contributed by atoms with E-state index in [1.54, 1.807) is 33.7 Å². The summed E-state index contributed by atoms with van der Waals surface area (Å²) in [6, 6.07) is 12.2. The van der Waals surface area contributed by atoms with Gasteiger partial charge in [0.2, 0.25) is 5.95 Å². The number of hydrogen-bond acceptors (Lipinski definition) is 3. The molecular formula is C16H14F2N4. The fourth-order valence-corrected chi connectivity index (χ4v) is 2.24. The van der Waals surface area contributed by atoms with Gasteiger partial charge in [-0.25, -0.2) is 8.78 Å². The van der Waals surface area contributed by atoms with Crippen LogP contribution < -0.4 is 4.90 Å². The van der Waals surface area contributed by atoms with Crippen molar-refractivity contribution in [3.63, 3.8) is 0 Å². The Morgan fingerprint density at radius 2 is 1.41 bits per heavy atom. The molecule has 0 N–H and O–H groups in total. The van der Waals surface area contributed by atoms with Gasteiger partial charge in [-0.3, -0.25) is 4.57 Å². The Balaban J connectivity index is 1.96. The van der Waals surface area contributed by atoms with Crippen LogP contribution in [0.15, 0.2) is 48.5 Å². The van der Waals surface area contributed by atoms with Crippen LogP contribution in [0.4, 0.5) is 20.4 Å². The van der Waals surface area contributed by atoms with Gasteiger partial charge in [-0.05, 0) is 48.5 Å². The largest absolute Gasteiger partial charge is 0.314 e. The minimum atomic E-state index is -0.297. The Bertz CT molecular complexity index is 779. The monoisotopic (exact) mass is 300 g/mol. The zero-order chi connectivity index (χ0) is 15.7. The van der Waals surface area contributed by atoms with E-state index in [2.05, 4.69) is 10.2 Å². The van der Waals surface area contributed by atoms with E-state index < -0.39 is 0 Å². The minimum Gasteiger partial charge on any atom is -0.314 e. The summed E-state index contributed by atoms with van der Waals surface area (Å²) in [5.41, 5.74) is 1.57. The zero-order valence-electron chi connectivity index (χ0n) is 12.2. The van der Waals surface area contributed by atoms with Crippen molar-refractivity contribution < 1.29 is 8.78 Å². The fraction of sp³-hybridized carbons (Fsp3) is 0.125. The molecular weight excluding hydrogens is 286 g/mol. The summed E-state index contributed by atoms with van der Waals surface area (Å²) < 4.78 is 27.8. The first-order chi connectivity index (χ1) is 10.6. The minimum absolute atomic E-state index is 0.290. The predicted molar refractivity (Wildman–Crippen MR) is 80.9 cm³/mol. The van der Waals surface area contributed by atoms with Gasteiger partial charge in [0, 0.05) is 25.3 Å². The molecule has 22 heavy (non-hydrogen) atoms. The molecule has 0 bridgehead atoms. The molecule has 6 heteroatoms. The SMILES string of the molecule is CN(c1ccc(F)cc1)c1nnc(-c2ccc(F)cc2)n1C. The lowest BCUT2D eigenvalue weighted by atomic mass is 10.2. The number of halogens is 2. The summed E-state index contributed by atoms with van der Waals surface area (Å²) in [5.74, 6) is 0.645. The van der Waals surface area contributed by atoms with Crippen molar-refractivity contribution in [2.75, 3.05) is 11.9 Å². The van der Waals surface area contributed by atoms with Crippen molar-refractivity contribution in [2.24, 2.45) is 7.05 Å². The van der Waals surface area contributed by atoms with E-state index in [0.29, 0.717) is 11.8 Å². The van der Waals surface area contributed by atoms with Crippen LogP contribution in [0.2, 0.25) is 0 Å². The van der Waals surface area contributed by atoms with Gasteiger partial charge in [-0.15, -0.1) is 10.2 Å². The van der Waals surface area contributed by atoms with E-state index in [0.717, 1.165) is 11.3 Å². The molecule has 1 aromatic heterocycles. The Morgan fingerprint density at radius 3 is 2.00 bits per heavy atom. The van der Waals surface area contributed by atoms with Crippen LogP contribution in [-0.4, -0.2) is 21.8 Å². The summed E-state index contributed by atoms with van der Waals surface area (Å²) >= 11 is 0. The third-order valence-electron chi connectivity index (χ3n) is 3.47. The van der Waals surface area contributed by atoms with Gasteiger partial charge in [-0.1, -0.05) is 0 Å². The number of hydrogen-bond donors (Lipinski definition) is 0. The van der Waals surface area contributed by atoms with Crippen molar-refractivity contribution in [3.8, 4) is 11.4 Å². The molecule has 0 spiro atoms. The van der Waals surface area contributed by atoms with Crippen LogP contribution in [0.25, 0.3) is 11.4 Å². The molecule has 0 radical (unpaired) electrons. The Morgan fingerprint density at radius 1 is 0.864 bits per heavy atom. The first-order valence-electron chi connectivity index (χ1n) is 6.71. The summed E-state index contributed by atoms with van der Waals surface area (Å²) in [6.07, 6.45) is 0. The van der Waals surface area contributed by atoms with E-state index in [1.165, 1.54) is 24.3 Å². The maximum absolute atomic E-state index is 13.0. The highest BCUT2D eigenvalue weighted by Gasteiger charge is 2.15. The van der Waals surface area contributed by atoms with Crippen LogP contribution in [-0.2, 0) is 7.05 Å². The van der Waals surface area contributed by atoms with E-state index in [4.69, 9.17) is 0 Å². The molecule has 0 unspecified atom stereocenters. The average Bonchev–Trinajstić information content (AvgIpc) is 2.90. The fourth-order valence-electron chi connectivity index (χ4n) is 2.24. The summed E-state index contributed by atoms with van der Waals surface area (Å²) in [7, 11) is 3.65. The smallest absolute Gasteiger partial charge is 0.231 e. The lowest BCUT2D eigenvalue weighted by molar-refractivity contribution is 0.627. The van der Waals surface area contributed by atoms with Gasteiger partial charge in [0.25, 0.3) is 0 Å². The second kappa shape index (κ2) is 5.55. The van der Waals surface area contributed by atoms with Crippen LogP contribution >= 0.6 is 0 Å². The second-order valence-electron chi connectivity index (χ2n) is 4.92.